The molecule has 2 rings (SSSR count). The van der Waals surface area contributed by atoms with Crippen molar-refractivity contribution in [1.82, 2.24) is 10.2 Å². The van der Waals surface area contributed by atoms with Gasteiger partial charge in [0.2, 0.25) is 11.8 Å². The molecule has 2 amide bonds. The van der Waals surface area contributed by atoms with Crippen LogP contribution >= 0.6 is 0 Å². The lowest BCUT2D eigenvalue weighted by atomic mass is 9.89. The highest BCUT2D eigenvalue weighted by Gasteiger charge is 2.46. The Morgan fingerprint density at radius 1 is 1.47 bits per heavy atom. The quantitative estimate of drug-likeness (QED) is 0.551. The van der Waals surface area contributed by atoms with E-state index in [1.54, 1.807) is 18.7 Å². The second-order valence-electron chi connectivity index (χ2n) is 4.91. The number of nitrogens with one attached hydrogen (secondary N) is 1. The maximum Gasteiger partial charge on any atom is 0.248 e. The van der Waals surface area contributed by atoms with Crippen molar-refractivity contribution in [3.05, 3.63) is 0 Å². The number of piperazine rings is 1. The molecule has 0 spiro atoms. The fraction of sp³-hybridized carbons (Fsp3) is 0.800. The van der Waals surface area contributed by atoms with Gasteiger partial charge in [0.1, 0.15) is 11.6 Å². The summed E-state index contributed by atoms with van der Waals surface area (Å²) < 4.78 is 0. The zero-order chi connectivity index (χ0) is 11.2. The summed E-state index contributed by atoms with van der Waals surface area (Å²) >= 11 is 0. The lowest BCUT2D eigenvalue weighted by Gasteiger charge is -2.46. The fourth-order valence-corrected chi connectivity index (χ4v) is 2.29. The minimum absolute atomic E-state index is 0.000926. The molecule has 2 unspecified atom stereocenters. The van der Waals surface area contributed by atoms with Crippen LogP contribution < -0.4 is 11.1 Å². The smallest absolute Gasteiger partial charge is 0.248 e. The van der Waals surface area contributed by atoms with Crippen LogP contribution in [0.1, 0.15) is 26.7 Å². The molecule has 2 atom stereocenters. The van der Waals surface area contributed by atoms with Gasteiger partial charge < -0.3 is 16.0 Å². The summed E-state index contributed by atoms with van der Waals surface area (Å²) in [6, 6.07) is -0.319. The van der Waals surface area contributed by atoms with E-state index < -0.39 is 5.54 Å². The lowest BCUT2D eigenvalue weighted by molar-refractivity contribution is -0.155. The molecule has 3 N–H and O–H groups in total. The van der Waals surface area contributed by atoms with Crippen LogP contribution in [0.5, 0.6) is 0 Å². The zero-order valence-electron chi connectivity index (χ0n) is 9.12. The van der Waals surface area contributed by atoms with Gasteiger partial charge in [0.25, 0.3) is 0 Å². The van der Waals surface area contributed by atoms with Crippen LogP contribution in [0.2, 0.25) is 0 Å². The molecule has 5 heteroatoms. The molecule has 5 nitrogen and oxygen atoms in total. The van der Waals surface area contributed by atoms with E-state index in [0.717, 1.165) is 6.42 Å². The van der Waals surface area contributed by atoms with Crippen molar-refractivity contribution >= 4 is 11.8 Å². The van der Waals surface area contributed by atoms with Crippen molar-refractivity contribution < 1.29 is 9.59 Å². The summed E-state index contributed by atoms with van der Waals surface area (Å²) in [5.74, 6) is -0.0752. The van der Waals surface area contributed by atoms with E-state index in [9.17, 15) is 9.59 Å². The van der Waals surface area contributed by atoms with Crippen LogP contribution in [0.4, 0.5) is 0 Å². The van der Waals surface area contributed by atoms with Crippen molar-refractivity contribution in [2.24, 2.45) is 5.73 Å². The Balaban J connectivity index is 2.24. The van der Waals surface area contributed by atoms with Gasteiger partial charge in [-0.2, -0.15) is 0 Å². The molecule has 2 heterocycles. The number of nitrogens with zero attached hydrogens (tertiary/aromatic N) is 1. The number of carbonyl (C=O) groups is 2. The summed E-state index contributed by atoms with van der Waals surface area (Å²) in [6.45, 7) is 4.07. The van der Waals surface area contributed by atoms with Gasteiger partial charge in [-0.3, -0.25) is 9.59 Å². The van der Waals surface area contributed by atoms with Crippen LogP contribution in [0.15, 0.2) is 0 Å². The molecule has 84 valence electrons. The minimum Gasteiger partial charge on any atom is -0.340 e. The molecule has 0 aromatic rings. The van der Waals surface area contributed by atoms with Gasteiger partial charge in [-0.05, 0) is 26.7 Å². The van der Waals surface area contributed by atoms with E-state index in [4.69, 9.17) is 5.73 Å². The predicted octanol–water partition coefficient (Wildman–Crippen LogP) is -0.787. The van der Waals surface area contributed by atoms with E-state index in [1.807, 2.05) is 0 Å². The van der Waals surface area contributed by atoms with Crippen LogP contribution in [-0.4, -0.2) is 40.9 Å². The second kappa shape index (κ2) is 3.20. The third-order valence-electron chi connectivity index (χ3n) is 3.18. The van der Waals surface area contributed by atoms with Crippen molar-refractivity contribution in [3.8, 4) is 0 Å². The van der Waals surface area contributed by atoms with E-state index >= 15 is 0 Å². The number of piperidine rings is 1. The number of fused-ring (bicyclic) bond motifs is 1. The first kappa shape index (κ1) is 10.4. The molecule has 2 aliphatic heterocycles. The highest BCUT2D eigenvalue weighted by Crippen LogP contribution is 2.24. The van der Waals surface area contributed by atoms with Gasteiger partial charge in [-0.25, -0.2) is 0 Å². The molecular formula is C10H17N3O2. The van der Waals surface area contributed by atoms with Crippen molar-refractivity contribution in [1.29, 1.82) is 0 Å². The van der Waals surface area contributed by atoms with Gasteiger partial charge in [-0.15, -0.1) is 0 Å². The lowest BCUT2D eigenvalue weighted by Crippen LogP contribution is -2.70. The maximum atomic E-state index is 12.0. The van der Waals surface area contributed by atoms with E-state index in [0.29, 0.717) is 13.0 Å². The summed E-state index contributed by atoms with van der Waals surface area (Å²) in [4.78, 5) is 25.4. The maximum absolute atomic E-state index is 12.0. The SMILES string of the molecule is CC1(C)NC(=O)C2CC(N)CCN2C1=O. The minimum atomic E-state index is -0.769. The normalized spacial score (nSPS) is 34.7. The number of hydrogen-bond donors (Lipinski definition) is 2. The molecule has 2 aliphatic rings. The molecule has 15 heavy (non-hydrogen) atoms. The molecule has 0 aromatic heterocycles. The van der Waals surface area contributed by atoms with Gasteiger partial charge in [-0.1, -0.05) is 0 Å². The van der Waals surface area contributed by atoms with E-state index in [1.165, 1.54) is 0 Å². The van der Waals surface area contributed by atoms with E-state index in [2.05, 4.69) is 5.32 Å². The average molecular weight is 211 g/mol. The Morgan fingerprint density at radius 3 is 2.80 bits per heavy atom. The van der Waals surface area contributed by atoms with Crippen LogP contribution in [-0.2, 0) is 9.59 Å². The number of amides is 2. The molecule has 0 aliphatic carbocycles. The molecule has 0 bridgehead atoms. The monoisotopic (exact) mass is 211 g/mol. The number of nitrogens with two attached hydrogens (primary N) is 1. The highest BCUT2D eigenvalue weighted by atomic mass is 16.2. The summed E-state index contributed by atoms with van der Waals surface area (Å²) in [5, 5.41) is 2.74. The number of hydrogen-bond acceptors (Lipinski definition) is 3. The Labute approximate surface area is 89.0 Å². The average Bonchev–Trinajstić information content (AvgIpc) is 2.14. The molecular weight excluding hydrogens is 194 g/mol. The predicted molar refractivity (Wildman–Crippen MR) is 54.9 cm³/mol. The highest BCUT2D eigenvalue weighted by molar-refractivity contribution is 5.99. The van der Waals surface area contributed by atoms with Crippen molar-refractivity contribution in [2.45, 2.75) is 44.3 Å². The summed E-state index contributed by atoms with van der Waals surface area (Å²) in [7, 11) is 0. The Bertz CT molecular complexity index is 314. The first-order chi connectivity index (χ1) is 6.92. The number of rotatable bonds is 0. The van der Waals surface area contributed by atoms with Crippen molar-refractivity contribution in [2.75, 3.05) is 6.54 Å². The van der Waals surface area contributed by atoms with Crippen molar-refractivity contribution in [3.63, 3.8) is 0 Å². The summed E-state index contributed by atoms with van der Waals surface area (Å²) in [5.41, 5.74) is 5.03. The third kappa shape index (κ3) is 1.61. The molecule has 0 aromatic carbocycles. The van der Waals surface area contributed by atoms with Crippen LogP contribution in [0.3, 0.4) is 0 Å². The Morgan fingerprint density at radius 2 is 2.13 bits per heavy atom. The van der Waals surface area contributed by atoms with Crippen LogP contribution in [0, 0.1) is 0 Å². The number of carbonyl (C=O) groups excluding carboxylic acids is 2. The molecule has 2 saturated heterocycles. The van der Waals surface area contributed by atoms with Gasteiger partial charge in [0.15, 0.2) is 0 Å². The standard InChI is InChI=1S/C10H17N3O2/c1-10(2)9(15)13-4-3-6(11)5-7(13)8(14)12-10/h6-7H,3-5,11H2,1-2H3,(H,12,14). The Hall–Kier alpha value is -1.10. The van der Waals surface area contributed by atoms with Gasteiger partial charge >= 0.3 is 0 Å². The summed E-state index contributed by atoms with van der Waals surface area (Å²) in [6.07, 6.45) is 1.36. The fourth-order valence-electron chi connectivity index (χ4n) is 2.29. The molecule has 2 fully saturated rings. The first-order valence-corrected chi connectivity index (χ1v) is 5.30. The second-order valence-corrected chi connectivity index (χ2v) is 4.91. The Kier molecular flexibility index (Phi) is 2.22. The zero-order valence-corrected chi connectivity index (χ0v) is 9.12. The molecule has 0 radical (unpaired) electrons. The first-order valence-electron chi connectivity index (χ1n) is 5.30. The van der Waals surface area contributed by atoms with Gasteiger partial charge in [0, 0.05) is 12.6 Å². The topological polar surface area (TPSA) is 75.4 Å². The largest absolute Gasteiger partial charge is 0.340 e. The van der Waals surface area contributed by atoms with Crippen LogP contribution in [0.25, 0.3) is 0 Å². The molecule has 0 saturated carbocycles. The third-order valence-corrected chi connectivity index (χ3v) is 3.18. The van der Waals surface area contributed by atoms with Gasteiger partial charge in [0.05, 0.1) is 0 Å². The van der Waals surface area contributed by atoms with E-state index in [-0.39, 0.29) is 23.9 Å².